The molecule has 0 aliphatic rings. The first-order valence-corrected chi connectivity index (χ1v) is 25.4. The summed E-state index contributed by atoms with van der Waals surface area (Å²) in [5, 5.41) is 2.28. The molecule has 0 atom stereocenters. The van der Waals surface area contributed by atoms with E-state index in [0.717, 1.165) is 106 Å². The maximum atomic E-state index is 5.18. The highest BCUT2D eigenvalue weighted by atomic mass is 15.0. The molecule has 0 amide bonds. The van der Waals surface area contributed by atoms with E-state index in [1.807, 2.05) is 98.1 Å². The van der Waals surface area contributed by atoms with Gasteiger partial charge in [0.05, 0.1) is 39.5 Å². The summed E-state index contributed by atoms with van der Waals surface area (Å²) in [5.41, 5.74) is 19.9. The summed E-state index contributed by atoms with van der Waals surface area (Å²) in [4.78, 5) is 20.3. The van der Waals surface area contributed by atoms with Crippen LogP contribution in [0.25, 0.3) is 95.3 Å². The van der Waals surface area contributed by atoms with Crippen LogP contribution in [0.1, 0.15) is 34.7 Å². The number of allylic oxidation sites excluding steroid dienone is 1. The van der Waals surface area contributed by atoms with Crippen molar-refractivity contribution in [2.24, 2.45) is 9.98 Å². The summed E-state index contributed by atoms with van der Waals surface area (Å²) in [6, 6.07) is 87.5. The summed E-state index contributed by atoms with van der Waals surface area (Å²) in [6.45, 7) is 6.30. The minimum absolute atomic E-state index is 0.646. The third kappa shape index (κ3) is 9.57. The Morgan fingerprint density at radius 2 is 0.853 bits per heavy atom. The maximum Gasteiger partial charge on any atom is 0.160 e. The average molecular weight is 965 g/mol. The molecule has 3 heterocycles. The summed E-state index contributed by atoms with van der Waals surface area (Å²) >= 11 is 0. The van der Waals surface area contributed by atoms with Crippen LogP contribution in [0.4, 0.5) is 0 Å². The highest BCUT2D eigenvalue weighted by Gasteiger charge is 2.20. The molecule has 12 rings (SSSR count). The summed E-state index contributed by atoms with van der Waals surface area (Å²) in [5.74, 6) is 1.34. The lowest BCUT2D eigenvalue weighted by Gasteiger charge is -2.14. The Hall–Kier alpha value is -9.78. The van der Waals surface area contributed by atoms with Crippen molar-refractivity contribution in [1.29, 1.82) is 0 Å². The van der Waals surface area contributed by atoms with Gasteiger partial charge in [0.25, 0.3) is 0 Å². The molecule has 0 aliphatic carbocycles. The van der Waals surface area contributed by atoms with Gasteiger partial charge in [-0.25, -0.2) is 20.0 Å². The molecule has 0 saturated carbocycles. The largest absolute Gasteiger partial charge is 0.309 e. The van der Waals surface area contributed by atoms with Gasteiger partial charge in [0.2, 0.25) is 0 Å². The zero-order chi connectivity index (χ0) is 50.7. The minimum atomic E-state index is 0.646. The third-order valence-corrected chi connectivity index (χ3v) is 13.8. The molecule has 6 nitrogen and oxygen atoms in total. The van der Waals surface area contributed by atoms with Gasteiger partial charge in [-0.1, -0.05) is 211 Å². The lowest BCUT2D eigenvalue weighted by molar-refractivity contribution is 1.13. The Balaban J connectivity index is 0.969. The van der Waals surface area contributed by atoms with Crippen LogP contribution < -0.4 is 0 Å². The number of hydrogen-bond acceptors (Lipinski definition) is 3. The van der Waals surface area contributed by atoms with Crippen molar-refractivity contribution in [2.45, 2.75) is 20.8 Å². The van der Waals surface area contributed by atoms with Crippen LogP contribution in [0.2, 0.25) is 0 Å². The smallest absolute Gasteiger partial charge is 0.160 e. The molecule has 3 aromatic heterocycles. The third-order valence-electron chi connectivity index (χ3n) is 13.8. The summed E-state index contributed by atoms with van der Waals surface area (Å²) < 4.78 is 4.80. The van der Waals surface area contributed by atoms with Crippen molar-refractivity contribution < 1.29 is 0 Å². The zero-order valence-electron chi connectivity index (χ0n) is 42.0. The van der Waals surface area contributed by atoms with Gasteiger partial charge in [0.15, 0.2) is 11.7 Å². The van der Waals surface area contributed by atoms with Crippen LogP contribution >= 0.6 is 0 Å². The molecule has 0 saturated heterocycles. The Labute approximate surface area is 437 Å². The van der Waals surface area contributed by atoms with E-state index in [1.165, 1.54) is 11.1 Å². The lowest BCUT2D eigenvalue weighted by Crippen LogP contribution is -2.00. The first-order valence-electron chi connectivity index (χ1n) is 25.4. The van der Waals surface area contributed by atoms with E-state index in [9.17, 15) is 0 Å². The second-order valence-corrected chi connectivity index (χ2v) is 18.9. The minimum Gasteiger partial charge on any atom is -0.309 e. The molecule has 9 aromatic carbocycles. The molecule has 0 bridgehead atoms. The molecule has 0 unspecified atom stereocenters. The molecule has 0 aliphatic heterocycles. The molecule has 0 spiro atoms. The molecule has 0 fully saturated rings. The predicted molar refractivity (Wildman–Crippen MR) is 313 cm³/mol. The molecular weight excluding hydrogens is 913 g/mol. The van der Waals surface area contributed by atoms with Gasteiger partial charge in [-0.2, -0.15) is 0 Å². The number of aliphatic imine (C=N–C) groups is 2. The van der Waals surface area contributed by atoms with Gasteiger partial charge in [0, 0.05) is 56.2 Å². The number of fused-ring (bicyclic) bond motifs is 2. The maximum absolute atomic E-state index is 5.18. The van der Waals surface area contributed by atoms with Gasteiger partial charge in [-0.05, 0) is 92.1 Å². The Kier molecular flexibility index (Phi) is 12.6. The molecule has 0 radical (unpaired) electrons. The van der Waals surface area contributed by atoms with Gasteiger partial charge in [-0.3, -0.25) is 0 Å². The van der Waals surface area contributed by atoms with Gasteiger partial charge >= 0.3 is 0 Å². The van der Waals surface area contributed by atoms with Gasteiger partial charge in [0.1, 0.15) is 0 Å². The van der Waals surface area contributed by atoms with Crippen LogP contribution in [-0.2, 0) is 0 Å². The van der Waals surface area contributed by atoms with E-state index in [0.29, 0.717) is 11.7 Å². The Bertz CT molecular complexity index is 4000. The number of rotatable bonds is 11. The second kappa shape index (κ2) is 20.4. The van der Waals surface area contributed by atoms with Crippen molar-refractivity contribution >= 4 is 39.6 Å². The van der Waals surface area contributed by atoms with E-state index in [2.05, 4.69) is 193 Å². The number of benzene rings is 9. The predicted octanol–water partition coefficient (Wildman–Crippen LogP) is 17.2. The zero-order valence-corrected chi connectivity index (χ0v) is 42.0. The molecular formula is C69H52N6. The standard InChI is InChI=1S/C69H52N6/c1-4-61(71-68(55-21-13-7-14-22-55)70-46-49-17-9-5-10-18-49)51-33-37-59(38-34-51)74-64(53-29-25-47(2)26-30-53)41-57-44-67-58(43-66(57)74)42-65(54-31-27-48(3)28-32-54)75(67)60-39-35-52(36-40-60)63-45-62(50-19-11-6-12-20-50)72-69(73-63)56-23-15-8-16-24-56/h4-46H,1-3H3/b61-4-,70-46?,71-68?. The summed E-state index contributed by atoms with van der Waals surface area (Å²) in [6.07, 6.45) is 3.93. The first kappa shape index (κ1) is 46.3. The molecule has 12 aromatic rings. The Morgan fingerprint density at radius 1 is 0.413 bits per heavy atom. The summed E-state index contributed by atoms with van der Waals surface area (Å²) in [7, 11) is 0. The fourth-order valence-electron chi connectivity index (χ4n) is 9.81. The van der Waals surface area contributed by atoms with Crippen molar-refractivity contribution in [3.05, 3.63) is 283 Å². The average Bonchev–Trinajstić information content (AvgIpc) is 4.08. The van der Waals surface area contributed by atoms with E-state index >= 15 is 0 Å². The number of nitrogens with zero attached hydrogens (tertiary/aromatic N) is 6. The van der Waals surface area contributed by atoms with Crippen molar-refractivity contribution in [2.75, 3.05) is 0 Å². The highest BCUT2D eigenvalue weighted by molar-refractivity contribution is 6.07. The fraction of sp³-hybridized carbons (Fsp3) is 0.0435. The van der Waals surface area contributed by atoms with E-state index in [-0.39, 0.29) is 0 Å². The number of amidine groups is 1. The molecule has 75 heavy (non-hydrogen) atoms. The van der Waals surface area contributed by atoms with Crippen molar-refractivity contribution in [3.63, 3.8) is 0 Å². The normalized spacial score (nSPS) is 12.0. The van der Waals surface area contributed by atoms with Crippen LogP contribution in [0.5, 0.6) is 0 Å². The van der Waals surface area contributed by atoms with Crippen LogP contribution in [-0.4, -0.2) is 31.2 Å². The highest BCUT2D eigenvalue weighted by Crippen LogP contribution is 2.39. The Morgan fingerprint density at radius 3 is 1.36 bits per heavy atom. The molecule has 358 valence electrons. The topological polar surface area (TPSA) is 60.4 Å². The molecule has 6 heteroatoms. The lowest BCUT2D eigenvalue weighted by atomic mass is 10.1. The van der Waals surface area contributed by atoms with Crippen LogP contribution in [0.3, 0.4) is 0 Å². The second-order valence-electron chi connectivity index (χ2n) is 18.9. The first-order chi connectivity index (χ1) is 36.9. The number of aryl methyl sites for hydroxylation is 2. The number of hydrogen-bond donors (Lipinski definition) is 0. The number of aromatic nitrogens is 4. The monoisotopic (exact) mass is 964 g/mol. The van der Waals surface area contributed by atoms with Gasteiger partial charge in [-0.15, -0.1) is 0 Å². The van der Waals surface area contributed by atoms with Crippen molar-refractivity contribution in [1.82, 2.24) is 19.1 Å². The van der Waals surface area contributed by atoms with Crippen molar-refractivity contribution in [3.8, 4) is 67.8 Å². The quantitative estimate of drug-likeness (QED) is 0.0958. The van der Waals surface area contributed by atoms with E-state index in [1.54, 1.807) is 0 Å². The fourth-order valence-corrected chi connectivity index (χ4v) is 9.81. The molecule has 0 N–H and O–H groups in total. The van der Waals surface area contributed by atoms with Crippen LogP contribution in [0, 0.1) is 13.8 Å². The van der Waals surface area contributed by atoms with E-state index < -0.39 is 0 Å². The van der Waals surface area contributed by atoms with Crippen LogP contribution in [0.15, 0.2) is 265 Å². The SMILES string of the molecule is C/C=C(\N=C(N=Cc1ccccc1)c1ccccc1)c1ccc(-n2c(-c3ccc(C)cc3)cc3cc4c(cc(-c5ccc(C)cc5)n4-c4ccc(-c5cc(-c6ccccc6)nc(-c6ccccc6)n5)cc4)cc32)cc1. The van der Waals surface area contributed by atoms with Gasteiger partial charge < -0.3 is 9.13 Å². The van der Waals surface area contributed by atoms with E-state index in [4.69, 9.17) is 20.0 Å².